The van der Waals surface area contributed by atoms with Crippen molar-refractivity contribution in [3.8, 4) is 0 Å². The number of benzene rings is 1. The van der Waals surface area contributed by atoms with Gasteiger partial charge in [-0.15, -0.1) is 0 Å². The number of nitrogens with zero attached hydrogens (tertiary/aromatic N) is 4. The first-order valence-electron chi connectivity index (χ1n) is 12.0. The largest absolute Gasteiger partial charge is 0.357 e. The highest BCUT2D eigenvalue weighted by atomic mass is 16.2. The van der Waals surface area contributed by atoms with Crippen molar-refractivity contribution >= 4 is 11.9 Å². The Morgan fingerprint density at radius 1 is 1.00 bits per heavy atom. The number of piperazine rings is 1. The van der Waals surface area contributed by atoms with Crippen molar-refractivity contribution in [3.05, 3.63) is 35.4 Å². The van der Waals surface area contributed by atoms with Crippen molar-refractivity contribution in [2.24, 2.45) is 4.99 Å². The van der Waals surface area contributed by atoms with Gasteiger partial charge in [0.1, 0.15) is 0 Å². The molecule has 0 radical (unpaired) electrons. The Morgan fingerprint density at radius 3 is 2.42 bits per heavy atom. The number of amides is 1. The Bertz CT molecular complexity index is 714. The lowest BCUT2D eigenvalue weighted by Crippen LogP contribution is -2.45. The van der Waals surface area contributed by atoms with Gasteiger partial charge in [0.25, 0.3) is 0 Å². The molecule has 0 spiro atoms. The lowest BCUT2D eigenvalue weighted by molar-refractivity contribution is -0.127. The van der Waals surface area contributed by atoms with Gasteiger partial charge in [0.05, 0.1) is 6.54 Å². The van der Waals surface area contributed by atoms with Gasteiger partial charge in [-0.25, -0.2) is 4.99 Å². The summed E-state index contributed by atoms with van der Waals surface area (Å²) in [6, 6.07) is 8.68. The van der Waals surface area contributed by atoms with E-state index in [1.165, 1.54) is 11.1 Å². The Hall–Kier alpha value is -2.12. The second-order valence-corrected chi connectivity index (χ2v) is 8.44. The maximum absolute atomic E-state index is 11.7. The number of rotatable bonds is 10. The first-order valence-corrected chi connectivity index (χ1v) is 12.0. The van der Waals surface area contributed by atoms with Crippen LogP contribution >= 0.6 is 0 Å². The van der Waals surface area contributed by atoms with Gasteiger partial charge in [-0.1, -0.05) is 31.2 Å². The van der Waals surface area contributed by atoms with Crippen LogP contribution in [0.25, 0.3) is 0 Å². The topological polar surface area (TPSA) is 63.2 Å². The molecular weight excluding hydrogens is 388 g/mol. The van der Waals surface area contributed by atoms with Crippen molar-refractivity contribution < 1.29 is 4.79 Å². The number of likely N-dealkylation sites (tertiary alicyclic amines) is 1. The molecule has 0 unspecified atom stereocenters. The summed E-state index contributed by atoms with van der Waals surface area (Å²) < 4.78 is 0. The number of likely N-dealkylation sites (N-methyl/N-ethyl adjacent to an activating group) is 1. The summed E-state index contributed by atoms with van der Waals surface area (Å²) >= 11 is 0. The van der Waals surface area contributed by atoms with Crippen LogP contribution in [0, 0.1) is 0 Å². The van der Waals surface area contributed by atoms with E-state index in [-0.39, 0.29) is 0 Å². The van der Waals surface area contributed by atoms with Crippen LogP contribution in [0.2, 0.25) is 0 Å². The van der Waals surface area contributed by atoms with Crippen molar-refractivity contribution in [1.82, 2.24) is 25.3 Å². The van der Waals surface area contributed by atoms with Gasteiger partial charge in [0.15, 0.2) is 5.96 Å². The van der Waals surface area contributed by atoms with Crippen molar-refractivity contribution in [2.75, 3.05) is 58.9 Å². The summed E-state index contributed by atoms with van der Waals surface area (Å²) in [5.74, 6) is 1.15. The standard InChI is InChI=1S/C24H40N6O/c1-3-25-24(26-12-8-14-30-13-7-11-23(30)31)27-19-21-9-5-6-10-22(21)20-29-17-15-28(4-2)16-18-29/h5-6,9-10H,3-4,7-8,11-20H2,1-2H3,(H2,25,26,27). The molecule has 3 rings (SSSR count). The molecule has 0 saturated carbocycles. The maximum Gasteiger partial charge on any atom is 0.222 e. The summed E-state index contributed by atoms with van der Waals surface area (Å²) in [5, 5.41) is 6.77. The summed E-state index contributed by atoms with van der Waals surface area (Å²) in [4.78, 5) is 23.6. The Kier molecular flexibility index (Phi) is 9.62. The Labute approximate surface area is 187 Å². The number of guanidine groups is 1. The molecule has 7 nitrogen and oxygen atoms in total. The molecule has 2 aliphatic rings. The average Bonchev–Trinajstić information content (AvgIpc) is 3.21. The highest BCUT2D eigenvalue weighted by Gasteiger charge is 2.19. The zero-order valence-electron chi connectivity index (χ0n) is 19.4. The van der Waals surface area contributed by atoms with Gasteiger partial charge < -0.3 is 20.4 Å². The monoisotopic (exact) mass is 428 g/mol. The molecule has 1 aromatic carbocycles. The third kappa shape index (κ3) is 7.51. The number of carbonyl (C=O) groups excluding carboxylic acids is 1. The molecule has 2 aliphatic heterocycles. The minimum absolute atomic E-state index is 0.299. The van der Waals surface area contributed by atoms with Crippen LogP contribution in [-0.2, 0) is 17.9 Å². The number of hydrogen-bond acceptors (Lipinski definition) is 4. The summed E-state index contributed by atoms with van der Waals surface area (Å²) in [7, 11) is 0. The third-order valence-corrected chi connectivity index (χ3v) is 6.24. The molecule has 0 bridgehead atoms. The van der Waals surface area contributed by atoms with E-state index in [0.29, 0.717) is 18.9 Å². The Balaban J connectivity index is 1.50. The van der Waals surface area contributed by atoms with Gasteiger partial charge in [0, 0.05) is 65.3 Å². The lowest BCUT2D eigenvalue weighted by atomic mass is 10.1. The zero-order chi connectivity index (χ0) is 21.9. The molecule has 7 heteroatoms. The molecule has 31 heavy (non-hydrogen) atoms. The van der Waals surface area contributed by atoms with Crippen molar-refractivity contribution in [1.29, 1.82) is 0 Å². The molecule has 2 saturated heterocycles. The molecule has 2 fully saturated rings. The van der Waals surface area contributed by atoms with E-state index in [0.717, 1.165) is 84.2 Å². The van der Waals surface area contributed by atoms with Crippen LogP contribution in [0.4, 0.5) is 0 Å². The van der Waals surface area contributed by atoms with Crippen LogP contribution in [0.5, 0.6) is 0 Å². The lowest BCUT2D eigenvalue weighted by Gasteiger charge is -2.34. The second-order valence-electron chi connectivity index (χ2n) is 8.44. The van der Waals surface area contributed by atoms with E-state index >= 15 is 0 Å². The van der Waals surface area contributed by atoms with E-state index < -0.39 is 0 Å². The third-order valence-electron chi connectivity index (χ3n) is 6.24. The van der Waals surface area contributed by atoms with Gasteiger partial charge in [-0.3, -0.25) is 9.69 Å². The average molecular weight is 429 g/mol. The van der Waals surface area contributed by atoms with E-state index in [2.05, 4.69) is 58.5 Å². The molecule has 2 heterocycles. The first kappa shape index (κ1) is 23.5. The summed E-state index contributed by atoms with van der Waals surface area (Å²) in [5.41, 5.74) is 2.67. The molecule has 2 N–H and O–H groups in total. The minimum Gasteiger partial charge on any atom is -0.357 e. The summed E-state index contributed by atoms with van der Waals surface area (Å²) in [6.07, 6.45) is 2.66. The normalized spacial score (nSPS) is 18.6. The van der Waals surface area contributed by atoms with E-state index in [1.807, 2.05) is 4.90 Å². The maximum atomic E-state index is 11.7. The second kappa shape index (κ2) is 12.7. The fraction of sp³-hybridized carbons (Fsp3) is 0.667. The van der Waals surface area contributed by atoms with Crippen molar-refractivity contribution in [3.63, 3.8) is 0 Å². The predicted molar refractivity (Wildman–Crippen MR) is 127 cm³/mol. The SMILES string of the molecule is CCNC(=NCc1ccccc1CN1CCN(CC)CC1)NCCCN1CCCC1=O. The number of hydrogen-bond donors (Lipinski definition) is 2. The number of nitrogens with one attached hydrogen (secondary N) is 2. The molecule has 0 aliphatic carbocycles. The van der Waals surface area contributed by atoms with E-state index in [1.54, 1.807) is 0 Å². The first-order chi connectivity index (χ1) is 15.2. The predicted octanol–water partition coefficient (Wildman–Crippen LogP) is 1.89. The highest BCUT2D eigenvalue weighted by molar-refractivity contribution is 5.80. The van der Waals surface area contributed by atoms with Crippen LogP contribution in [-0.4, -0.2) is 85.5 Å². The van der Waals surface area contributed by atoms with E-state index in [4.69, 9.17) is 4.99 Å². The summed E-state index contributed by atoms with van der Waals surface area (Å²) in [6.45, 7) is 15.1. The van der Waals surface area contributed by atoms with E-state index in [9.17, 15) is 4.79 Å². The molecule has 1 amide bonds. The zero-order valence-corrected chi connectivity index (χ0v) is 19.4. The molecule has 0 atom stereocenters. The smallest absolute Gasteiger partial charge is 0.222 e. The minimum atomic E-state index is 0.299. The number of aliphatic imine (C=N–C) groups is 1. The van der Waals surface area contributed by atoms with Gasteiger partial charge in [-0.05, 0) is 37.4 Å². The van der Waals surface area contributed by atoms with Gasteiger partial charge >= 0.3 is 0 Å². The van der Waals surface area contributed by atoms with Crippen LogP contribution in [0.15, 0.2) is 29.3 Å². The fourth-order valence-electron chi connectivity index (χ4n) is 4.29. The number of carbonyl (C=O) groups is 1. The molecule has 1 aromatic rings. The van der Waals surface area contributed by atoms with Crippen molar-refractivity contribution in [2.45, 2.75) is 46.2 Å². The quantitative estimate of drug-likeness (QED) is 0.339. The highest BCUT2D eigenvalue weighted by Crippen LogP contribution is 2.15. The molecule has 0 aromatic heterocycles. The van der Waals surface area contributed by atoms with Gasteiger partial charge in [0.2, 0.25) is 5.91 Å². The molecular formula is C24H40N6O. The Morgan fingerprint density at radius 2 is 1.74 bits per heavy atom. The van der Waals surface area contributed by atoms with Crippen LogP contribution in [0.1, 0.15) is 44.2 Å². The fourth-order valence-corrected chi connectivity index (χ4v) is 4.29. The molecule has 172 valence electrons. The van der Waals surface area contributed by atoms with Gasteiger partial charge in [-0.2, -0.15) is 0 Å². The van der Waals surface area contributed by atoms with Crippen LogP contribution in [0.3, 0.4) is 0 Å². The van der Waals surface area contributed by atoms with Crippen LogP contribution < -0.4 is 10.6 Å².